The van der Waals surface area contributed by atoms with E-state index < -0.39 is 13.1 Å². The molecule has 0 aromatic carbocycles. The van der Waals surface area contributed by atoms with Crippen molar-refractivity contribution in [2.75, 3.05) is 13.2 Å². The molecule has 0 atom stereocenters. The van der Waals surface area contributed by atoms with Gasteiger partial charge in [0.15, 0.2) is 0 Å². The zero-order valence-electron chi connectivity index (χ0n) is 12.7. The van der Waals surface area contributed by atoms with Crippen LogP contribution < -0.4 is 0 Å². The van der Waals surface area contributed by atoms with Crippen molar-refractivity contribution >= 4 is 13.1 Å². The number of unbranched alkanes of at least 4 members (excludes halogenated alkanes) is 6. The van der Waals surface area contributed by atoms with Gasteiger partial charge in [-0.1, -0.05) is 52.4 Å². The third kappa shape index (κ3) is 9.37. The lowest BCUT2D eigenvalue weighted by atomic mass is 10.2. The fourth-order valence-corrected chi connectivity index (χ4v) is 2.82. The van der Waals surface area contributed by atoms with E-state index in [1.54, 1.807) is 0 Å². The van der Waals surface area contributed by atoms with E-state index in [9.17, 15) is 9.36 Å². The highest BCUT2D eigenvalue weighted by molar-refractivity contribution is 7.71. The van der Waals surface area contributed by atoms with Crippen LogP contribution in [-0.4, -0.2) is 18.7 Å². The van der Waals surface area contributed by atoms with Gasteiger partial charge in [-0.15, -0.1) is 0 Å². The number of rotatable bonds is 13. The zero-order chi connectivity index (χ0) is 14.6. The van der Waals surface area contributed by atoms with Gasteiger partial charge in [0.1, 0.15) is 0 Å². The second-order valence-electron chi connectivity index (χ2n) is 4.80. The minimum absolute atomic E-state index is 0.339. The fraction of sp³-hybridized carbons (Fsp3) is 0.929. The van der Waals surface area contributed by atoms with Crippen molar-refractivity contribution in [2.24, 2.45) is 0 Å². The van der Waals surface area contributed by atoms with Crippen molar-refractivity contribution in [2.45, 2.75) is 72.1 Å². The van der Waals surface area contributed by atoms with Crippen LogP contribution in [0.2, 0.25) is 0 Å². The van der Waals surface area contributed by atoms with Crippen molar-refractivity contribution in [3.63, 3.8) is 0 Å². The number of carbonyl (C=O) groups is 1. The fourth-order valence-electron chi connectivity index (χ4n) is 1.65. The van der Waals surface area contributed by atoms with Crippen LogP contribution in [-0.2, 0) is 18.4 Å². The Balaban J connectivity index is 3.92. The third-order valence-electron chi connectivity index (χ3n) is 2.90. The maximum Gasteiger partial charge on any atom is 0.396 e. The molecule has 0 radical (unpaired) electrons. The maximum atomic E-state index is 12.2. The van der Waals surface area contributed by atoms with Crippen molar-refractivity contribution in [1.82, 2.24) is 0 Å². The van der Waals surface area contributed by atoms with E-state index in [1.807, 2.05) is 0 Å². The van der Waals surface area contributed by atoms with Crippen LogP contribution in [0.15, 0.2) is 0 Å². The van der Waals surface area contributed by atoms with Crippen molar-refractivity contribution in [3.8, 4) is 0 Å². The molecule has 0 spiro atoms. The second-order valence-corrected chi connectivity index (χ2v) is 6.95. The molecule has 4 nitrogen and oxygen atoms in total. The molecule has 5 heteroatoms. The first-order valence-electron chi connectivity index (χ1n) is 7.47. The molecule has 114 valence electrons. The van der Waals surface area contributed by atoms with Gasteiger partial charge in [-0.05, 0) is 12.8 Å². The Labute approximate surface area is 117 Å². The molecule has 0 aromatic rings. The summed E-state index contributed by atoms with van der Waals surface area (Å²) in [6, 6.07) is 0. The summed E-state index contributed by atoms with van der Waals surface area (Å²) in [5.74, 6) is 0. The average Bonchev–Trinajstić information content (AvgIpc) is 2.38. The summed E-state index contributed by atoms with van der Waals surface area (Å²) in [5, 5.41) is 0. The molecule has 0 bridgehead atoms. The summed E-state index contributed by atoms with van der Waals surface area (Å²) < 4.78 is 22.6. The van der Waals surface area contributed by atoms with Crippen molar-refractivity contribution in [1.29, 1.82) is 0 Å². The van der Waals surface area contributed by atoms with Gasteiger partial charge < -0.3 is 9.05 Å². The maximum absolute atomic E-state index is 12.2. The summed E-state index contributed by atoms with van der Waals surface area (Å²) >= 11 is 0. The second kappa shape index (κ2) is 11.6. The largest absolute Gasteiger partial charge is 0.396 e. The Hall–Kier alpha value is -0.180. The number of hydrogen-bond donors (Lipinski definition) is 0. The van der Waals surface area contributed by atoms with Crippen LogP contribution >= 0.6 is 7.60 Å². The molecule has 0 fully saturated rings. The standard InChI is InChI=1S/C14H29O4P/c1-4-6-8-10-12-17-19(16,14(3)15)18-13-11-9-7-5-2/h4-13H2,1-3H3. The Kier molecular flexibility index (Phi) is 11.5. The highest BCUT2D eigenvalue weighted by atomic mass is 31.2. The molecule has 0 aliphatic heterocycles. The summed E-state index contributed by atoms with van der Waals surface area (Å²) in [4.78, 5) is 11.4. The van der Waals surface area contributed by atoms with Crippen LogP contribution in [0.1, 0.15) is 72.1 Å². The molecule has 19 heavy (non-hydrogen) atoms. The normalized spacial score (nSPS) is 11.7. The van der Waals surface area contributed by atoms with Gasteiger partial charge in [0, 0.05) is 6.92 Å². The highest BCUT2D eigenvalue weighted by Crippen LogP contribution is 2.49. The first-order valence-corrected chi connectivity index (χ1v) is 9.01. The summed E-state index contributed by atoms with van der Waals surface area (Å²) in [7, 11) is -3.53. The molecule has 0 heterocycles. The monoisotopic (exact) mass is 292 g/mol. The minimum Gasteiger partial charge on any atom is -0.303 e. The van der Waals surface area contributed by atoms with Gasteiger partial charge in [0.25, 0.3) is 0 Å². The van der Waals surface area contributed by atoms with Gasteiger partial charge in [-0.2, -0.15) is 0 Å². The van der Waals surface area contributed by atoms with Crippen LogP contribution in [0.4, 0.5) is 0 Å². The topological polar surface area (TPSA) is 52.6 Å². The van der Waals surface area contributed by atoms with Crippen LogP contribution in [0.25, 0.3) is 0 Å². The van der Waals surface area contributed by atoms with Gasteiger partial charge in [-0.25, -0.2) is 0 Å². The predicted octanol–water partition coefficient (Wildman–Crippen LogP) is 4.92. The molecule has 0 rings (SSSR count). The number of carbonyl (C=O) groups excluding carboxylic acids is 1. The molecular weight excluding hydrogens is 263 g/mol. The minimum atomic E-state index is -3.53. The molecule has 0 saturated heterocycles. The molecule has 0 N–H and O–H groups in total. The van der Waals surface area contributed by atoms with E-state index in [2.05, 4.69) is 13.8 Å². The lowest BCUT2D eigenvalue weighted by Gasteiger charge is -2.15. The SMILES string of the molecule is CCCCCCOP(=O)(OCCCCCC)C(C)=O. The average molecular weight is 292 g/mol. The van der Waals surface area contributed by atoms with E-state index in [-0.39, 0.29) is 0 Å². The van der Waals surface area contributed by atoms with Crippen LogP contribution in [0.5, 0.6) is 0 Å². The quantitative estimate of drug-likeness (QED) is 0.357. The van der Waals surface area contributed by atoms with E-state index in [0.29, 0.717) is 13.2 Å². The molecule has 0 saturated carbocycles. The highest BCUT2D eigenvalue weighted by Gasteiger charge is 2.30. The molecule has 0 amide bonds. The summed E-state index contributed by atoms with van der Waals surface area (Å²) in [5.41, 5.74) is -0.488. The lowest BCUT2D eigenvalue weighted by Crippen LogP contribution is -2.05. The van der Waals surface area contributed by atoms with E-state index in [1.165, 1.54) is 6.92 Å². The molecule has 0 aliphatic rings. The van der Waals surface area contributed by atoms with E-state index >= 15 is 0 Å². The Morgan fingerprint density at radius 1 is 0.842 bits per heavy atom. The van der Waals surface area contributed by atoms with Crippen LogP contribution in [0, 0.1) is 0 Å². The van der Waals surface area contributed by atoms with Gasteiger partial charge in [0.2, 0.25) is 5.52 Å². The molecular formula is C14H29O4P. The summed E-state index contributed by atoms with van der Waals surface area (Å²) in [6.45, 7) is 6.21. The Morgan fingerprint density at radius 2 is 1.26 bits per heavy atom. The Morgan fingerprint density at radius 3 is 1.58 bits per heavy atom. The van der Waals surface area contributed by atoms with Gasteiger partial charge in [0.05, 0.1) is 13.2 Å². The van der Waals surface area contributed by atoms with Crippen molar-refractivity contribution in [3.05, 3.63) is 0 Å². The first kappa shape index (κ1) is 18.8. The first-order chi connectivity index (χ1) is 9.06. The molecule has 0 aliphatic carbocycles. The smallest absolute Gasteiger partial charge is 0.303 e. The van der Waals surface area contributed by atoms with Gasteiger partial charge in [-0.3, -0.25) is 9.36 Å². The Bertz CT molecular complexity index is 261. The molecule has 0 aromatic heterocycles. The molecule has 0 unspecified atom stereocenters. The third-order valence-corrected chi connectivity index (χ3v) is 4.72. The van der Waals surface area contributed by atoms with Crippen LogP contribution in [0.3, 0.4) is 0 Å². The van der Waals surface area contributed by atoms with E-state index in [0.717, 1.165) is 51.4 Å². The van der Waals surface area contributed by atoms with E-state index in [4.69, 9.17) is 9.05 Å². The van der Waals surface area contributed by atoms with Crippen molar-refractivity contribution < 1.29 is 18.4 Å². The zero-order valence-corrected chi connectivity index (χ0v) is 13.5. The lowest BCUT2D eigenvalue weighted by molar-refractivity contribution is -0.112. The summed E-state index contributed by atoms with van der Waals surface area (Å²) in [6.07, 6.45) is 8.25. The predicted molar refractivity (Wildman–Crippen MR) is 78.5 cm³/mol. The van der Waals surface area contributed by atoms with Gasteiger partial charge >= 0.3 is 7.60 Å². The number of hydrogen-bond acceptors (Lipinski definition) is 4.